The summed E-state index contributed by atoms with van der Waals surface area (Å²) in [6, 6.07) is 12.5. The van der Waals surface area contributed by atoms with Crippen LogP contribution in [0.4, 0.5) is 11.4 Å². The van der Waals surface area contributed by atoms with Gasteiger partial charge in [0.1, 0.15) is 5.75 Å². The zero-order chi connectivity index (χ0) is 25.6. The van der Waals surface area contributed by atoms with Crippen LogP contribution in [0.15, 0.2) is 54.6 Å². The van der Waals surface area contributed by atoms with E-state index >= 15 is 0 Å². The van der Waals surface area contributed by atoms with Crippen LogP contribution in [-0.4, -0.2) is 30.2 Å². The third-order valence-corrected chi connectivity index (χ3v) is 8.93. The molecular formula is C30H28N2O5. The highest BCUT2D eigenvalue weighted by Crippen LogP contribution is 2.65. The molecule has 8 rings (SSSR count). The molecule has 2 aromatic rings. The number of carbonyl (C=O) groups is 4. The number of aryl methyl sites for hydroxylation is 2. The highest BCUT2D eigenvalue weighted by Gasteiger charge is 2.67. The van der Waals surface area contributed by atoms with Crippen LogP contribution in [0.5, 0.6) is 5.75 Å². The van der Waals surface area contributed by atoms with Crippen molar-refractivity contribution in [2.24, 2.45) is 41.4 Å². The number of benzene rings is 2. The van der Waals surface area contributed by atoms with Gasteiger partial charge in [0, 0.05) is 24.7 Å². The summed E-state index contributed by atoms with van der Waals surface area (Å²) < 4.78 is 5.67. The first-order valence-corrected chi connectivity index (χ1v) is 13.1. The lowest BCUT2D eigenvalue weighted by Gasteiger charge is -2.37. The number of rotatable bonds is 4. The molecule has 3 amide bonds. The van der Waals surface area contributed by atoms with Crippen LogP contribution >= 0.6 is 0 Å². The molecule has 2 aliphatic heterocycles. The van der Waals surface area contributed by atoms with Crippen LogP contribution in [-0.2, 0) is 19.2 Å². The van der Waals surface area contributed by atoms with Crippen molar-refractivity contribution < 1.29 is 23.9 Å². The lowest BCUT2D eigenvalue weighted by Crippen LogP contribution is -2.40. The molecule has 7 atom stereocenters. The van der Waals surface area contributed by atoms with Crippen molar-refractivity contribution in [2.45, 2.75) is 26.7 Å². The molecule has 0 N–H and O–H groups in total. The van der Waals surface area contributed by atoms with Gasteiger partial charge in [-0.25, -0.2) is 4.90 Å². The first-order chi connectivity index (χ1) is 17.8. The topological polar surface area (TPSA) is 84.0 Å². The molecule has 188 valence electrons. The van der Waals surface area contributed by atoms with Crippen LogP contribution in [0.1, 0.15) is 24.0 Å². The van der Waals surface area contributed by atoms with Gasteiger partial charge in [-0.15, -0.1) is 0 Å². The molecule has 0 radical (unpaired) electrons. The van der Waals surface area contributed by atoms with Gasteiger partial charge < -0.3 is 9.64 Å². The van der Waals surface area contributed by atoms with E-state index in [0.29, 0.717) is 17.5 Å². The second-order valence-electron chi connectivity index (χ2n) is 11.3. The van der Waals surface area contributed by atoms with Gasteiger partial charge in [0.2, 0.25) is 17.7 Å². The summed E-state index contributed by atoms with van der Waals surface area (Å²) in [6.45, 7) is 4.21. The zero-order valence-electron chi connectivity index (χ0n) is 20.8. The van der Waals surface area contributed by atoms with Gasteiger partial charge in [0.05, 0.1) is 23.4 Å². The fourth-order valence-corrected chi connectivity index (χ4v) is 7.32. The summed E-state index contributed by atoms with van der Waals surface area (Å²) in [5.41, 5.74) is 3.32. The number of ether oxygens (including phenoxy) is 1. The Morgan fingerprint density at radius 1 is 0.865 bits per heavy atom. The number of nitrogens with zero attached hydrogens (tertiary/aromatic N) is 2. The number of anilines is 2. The summed E-state index contributed by atoms with van der Waals surface area (Å²) in [7, 11) is 0. The fourth-order valence-electron chi connectivity index (χ4n) is 7.32. The number of hydrogen-bond donors (Lipinski definition) is 0. The van der Waals surface area contributed by atoms with E-state index in [1.54, 1.807) is 29.2 Å². The molecule has 2 saturated heterocycles. The largest absolute Gasteiger partial charge is 0.426 e. The van der Waals surface area contributed by atoms with E-state index < -0.39 is 11.9 Å². The maximum atomic E-state index is 13.4. The summed E-state index contributed by atoms with van der Waals surface area (Å²) in [4.78, 5) is 55.5. The van der Waals surface area contributed by atoms with Crippen LogP contribution in [0.2, 0.25) is 0 Å². The molecule has 2 bridgehead atoms. The molecule has 4 fully saturated rings. The lowest BCUT2D eigenvalue weighted by atomic mass is 9.63. The molecule has 2 saturated carbocycles. The van der Waals surface area contributed by atoms with Gasteiger partial charge in [-0.3, -0.25) is 19.2 Å². The number of amides is 3. The Bertz CT molecular complexity index is 1360. The van der Waals surface area contributed by atoms with Crippen molar-refractivity contribution in [3.63, 3.8) is 0 Å². The van der Waals surface area contributed by atoms with Gasteiger partial charge in [0.15, 0.2) is 0 Å². The number of hydrogen-bond acceptors (Lipinski definition) is 5. The molecule has 7 heteroatoms. The third-order valence-electron chi connectivity index (χ3n) is 8.93. The second-order valence-corrected chi connectivity index (χ2v) is 11.3. The summed E-state index contributed by atoms with van der Waals surface area (Å²) in [6.07, 6.45) is 5.50. The van der Waals surface area contributed by atoms with Crippen molar-refractivity contribution in [3.8, 4) is 5.75 Å². The quantitative estimate of drug-likeness (QED) is 0.278. The van der Waals surface area contributed by atoms with E-state index in [1.807, 2.05) is 32.0 Å². The molecule has 2 heterocycles. The number of imide groups is 1. The van der Waals surface area contributed by atoms with Crippen LogP contribution in [0.25, 0.3) is 0 Å². The molecular weight excluding hydrogens is 468 g/mol. The number of carbonyl (C=O) groups excluding carboxylic acids is 4. The molecule has 0 unspecified atom stereocenters. The first-order valence-electron chi connectivity index (χ1n) is 13.1. The van der Waals surface area contributed by atoms with E-state index in [1.165, 1.54) is 4.90 Å². The predicted molar refractivity (Wildman–Crippen MR) is 136 cm³/mol. The van der Waals surface area contributed by atoms with E-state index in [2.05, 4.69) is 12.2 Å². The Morgan fingerprint density at radius 2 is 1.51 bits per heavy atom. The highest BCUT2D eigenvalue weighted by molar-refractivity contribution is 6.22. The van der Waals surface area contributed by atoms with Gasteiger partial charge in [-0.05, 0) is 79.3 Å². The van der Waals surface area contributed by atoms with Crippen molar-refractivity contribution in [1.29, 1.82) is 0 Å². The van der Waals surface area contributed by atoms with E-state index in [9.17, 15) is 19.2 Å². The van der Waals surface area contributed by atoms with Gasteiger partial charge in [-0.2, -0.15) is 0 Å². The lowest BCUT2D eigenvalue weighted by molar-refractivity contribution is -0.139. The van der Waals surface area contributed by atoms with Crippen LogP contribution in [0.3, 0.4) is 0 Å². The van der Waals surface area contributed by atoms with Crippen molar-refractivity contribution >= 4 is 35.1 Å². The van der Waals surface area contributed by atoms with Crippen LogP contribution < -0.4 is 14.5 Å². The van der Waals surface area contributed by atoms with E-state index in [4.69, 9.17) is 4.74 Å². The Balaban J connectivity index is 1.08. The van der Waals surface area contributed by atoms with Gasteiger partial charge in [-0.1, -0.05) is 24.3 Å². The standard InChI is InChI=1S/C30H28N2O5/c1-15-8-16(2)10-19(9-15)31-14-17(11-25(31)33)30(36)37-20-5-3-4-18(12-20)32-28(34)26-21-6-7-22(24-13-23(21)24)27(26)29(32)35/h3-10,12,17,21-24,26-27H,11,13-14H2,1-2H3/t17-,21+,22+,23+,24+,26-,27-/m1/s1. The average molecular weight is 497 g/mol. The Hall–Kier alpha value is -3.74. The van der Waals surface area contributed by atoms with Crippen molar-refractivity contribution in [2.75, 3.05) is 16.3 Å². The minimum absolute atomic E-state index is 0.0794. The smallest absolute Gasteiger partial charge is 0.316 e. The summed E-state index contributed by atoms with van der Waals surface area (Å²) >= 11 is 0. The maximum Gasteiger partial charge on any atom is 0.316 e. The molecule has 7 nitrogen and oxygen atoms in total. The monoisotopic (exact) mass is 496 g/mol. The average Bonchev–Trinajstić information content (AvgIpc) is 3.53. The van der Waals surface area contributed by atoms with E-state index in [0.717, 1.165) is 23.2 Å². The molecule has 0 aromatic heterocycles. The molecule has 37 heavy (non-hydrogen) atoms. The van der Waals surface area contributed by atoms with Gasteiger partial charge in [0.25, 0.3) is 0 Å². The Morgan fingerprint density at radius 3 is 2.16 bits per heavy atom. The molecule has 2 aromatic carbocycles. The van der Waals surface area contributed by atoms with Gasteiger partial charge >= 0.3 is 5.97 Å². The minimum atomic E-state index is -0.594. The molecule has 4 aliphatic carbocycles. The number of esters is 1. The Labute approximate surface area is 215 Å². The molecule has 6 aliphatic rings. The summed E-state index contributed by atoms with van der Waals surface area (Å²) in [5.74, 6) is -0.396. The zero-order valence-corrected chi connectivity index (χ0v) is 20.8. The first kappa shape index (κ1) is 22.5. The van der Waals surface area contributed by atoms with Crippen molar-refractivity contribution in [3.05, 3.63) is 65.7 Å². The number of allylic oxidation sites excluding steroid dienone is 2. The third kappa shape index (κ3) is 3.40. The van der Waals surface area contributed by atoms with Crippen LogP contribution in [0, 0.1) is 55.3 Å². The summed E-state index contributed by atoms with van der Waals surface area (Å²) in [5, 5.41) is 0. The second kappa shape index (κ2) is 7.88. The predicted octanol–water partition coefficient (Wildman–Crippen LogP) is 3.82. The minimum Gasteiger partial charge on any atom is -0.426 e. The highest BCUT2D eigenvalue weighted by atomic mass is 16.5. The van der Waals surface area contributed by atoms with E-state index in [-0.39, 0.29) is 60.1 Å². The SMILES string of the molecule is Cc1cc(C)cc(N2C[C@H](C(=O)Oc3cccc(N4C(=O)[C@@H]5[C@H]6C=C[C@@H]([C@@H]7C[C@@H]67)[C@H]5C4=O)c3)CC2=O)c1. The normalized spacial score (nSPS) is 33.1. The van der Waals surface area contributed by atoms with Crippen molar-refractivity contribution in [1.82, 2.24) is 0 Å². The Kier molecular flexibility index (Phi) is 4.78. The molecule has 0 spiro atoms. The fraction of sp³-hybridized carbons (Fsp3) is 0.400. The maximum absolute atomic E-state index is 13.4.